The van der Waals surface area contributed by atoms with Gasteiger partial charge < -0.3 is 20.1 Å². The maximum absolute atomic E-state index is 6.26. The summed E-state index contributed by atoms with van der Waals surface area (Å²) in [5.41, 5.74) is 4.71. The summed E-state index contributed by atoms with van der Waals surface area (Å²) in [5.74, 6) is 1.82. The first kappa shape index (κ1) is 16.1. The molecule has 0 bridgehead atoms. The molecule has 0 fully saturated rings. The van der Waals surface area contributed by atoms with E-state index in [1.807, 2.05) is 0 Å². The van der Waals surface area contributed by atoms with Crippen molar-refractivity contribution >= 4 is 11.4 Å². The summed E-state index contributed by atoms with van der Waals surface area (Å²) in [6, 6.07) is 13.1. The van der Waals surface area contributed by atoms with Crippen LogP contribution in [-0.4, -0.2) is 19.2 Å². The van der Waals surface area contributed by atoms with Gasteiger partial charge in [-0.1, -0.05) is 32.9 Å². The highest BCUT2D eigenvalue weighted by molar-refractivity contribution is 5.62. The van der Waals surface area contributed by atoms with Crippen LogP contribution in [0.25, 0.3) is 0 Å². The van der Waals surface area contributed by atoms with Crippen LogP contribution in [0.15, 0.2) is 36.4 Å². The predicted molar refractivity (Wildman–Crippen MR) is 102 cm³/mol. The minimum atomic E-state index is -0.0127. The summed E-state index contributed by atoms with van der Waals surface area (Å²) >= 11 is 0. The second kappa shape index (κ2) is 5.87. The van der Waals surface area contributed by atoms with Crippen LogP contribution in [-0.2, 0) is 5.41 Å². The van der Waals surface area contributed by atoms with E-state index in [4.69, 9.17) is 9.47 Å². The van der Waals surface area contributed by atoms with E-state index in [9.17, 15) is 0 Å². The van der Waals surface area contributed by atoms with Gasteiger partial charge in [0.25, 0.3) is 0 Å². The van der Waals surface area contributed by atoms with Gasteiger partial charge in [0, 0.05) is 0 Å². The van der Waals surface area contributed by atoms with Gasteiger partial charge in [-0.05, 0) is 47.7 Å². The van der Waals surface area contributed by atoms with Gasteiger partial charge in [0.15, 0.2) is 0 Å². The van der Waals surface area contributed by atoms with Crippen LogP contribution in [0.1, 0.15) is 44.9 Å². The highest BCUT2D eigenvalue weighted by Gasteiger charge is 2.25. The number of benzene rings is 2. The van der Waals surface area contributed by atoms with E-state index in [1.54, 1.807) is 0 Å². The van der Waals surface area contributed by atoms with Crippen LogP contribution >= 0.6 is 0 Å². The Balaban J connectivity index is 1.57. The summed E-state index contributed by atoms with van der Waals surface area (Å²) in [6.07, 6.45) is -0.0127. The molecule has 0 saturated carbocycles. The Morgan fingerprint density at radius 3 is 2.64 bits per heavy atom. The first-order valence-corrected chi connectivity index (χ1v) is 8.98. The minimum Gasteiger partial charge on any atom is -0.489 e. The Morgan fingerprint density at radius 1 is 1.00 bits per heavy atom. The number of anilines is 2. The zero-order valence-corrected chi connectivity index (χ0v) is 15.3. The quantitative estimate of drug-likeness (QED) is 0.789. The molecule has 4 nitrogen and oxygen atoms in total. The molecule has 0 radical (unpaired) electrons. The number of fused-ring (bicyclic) bond motifs is 2. The zero-order valence-electron chi connectivity index (χ0n) is 15.3. The van der Waals surface area contributed by atoms with E-state index in [0.717, 1.165) is 35.0 Å². The standard InChI is InChI=1S/C21H26N2O2/c1-13-12-24-19-9-14(5-7-16(19)23-13)20-11-22-17-10-15(21(2,3)4)6-8-18(17)25-20/h5-10,13,20,22-23H,11-12H2,1-4H3. The molecule has 0 aliphatic carbocycles. The second-order valence-electron chi connectivity index (χ2n) is 8.06. The number of ether oxygens (including phenoxy) is 2. The third-order valence-corrected chi connectivity index (χ3v) is 4.86. The summed E-state index contributed by atoms with van der Waals surface area (Å²) in [6.45, 7) is 10.2. The second-order valence-corrected chi connectivity index (χ2v) is 8.06. The van der Waals surface area contributed by atoms with E-state index in [2.05, 4.69) is 74.7 Å². The zero-order chi connectivity index (χ0) is 17.6. The minimum absolute atomic E-state index is 0.0127. The van der Waals surface area contributed by atoms with Crippen molar-refractivity contribution in [1.82, 2.24) is 0 Å². The van der Waals surface area contributed by atoms with E-state index < -0.39 is 0 Å². The van der Waals surface area contributed by atoms with Gasteiger partial charge in [-0.25, -0.2) is 0 Å². The molecule has 2 heterocycles. The van der Waals surface area contributed by atoms with Gasteiger partial charge in [0.1, 0.15) is 24.2 Å². The Labute approximate surface area is 149 Å². The Morgan fingerprint density at radius 2 is 1.84 bits per heavy atom. The van der Waals surface area contributed by atoms with Crippen molar-refractivity contribution in [2.45, 2.75) is 45.3 Å². The molecule has 132 valence electrons. The van der Waals surface area contributed by atoms with Crippen molar-refractivity contribution in [2.75, 3.05) is 23.8 Å². The first-order chi connectivity index (χ1) is 11.9. The fourth-order valence-electron chi connectivity index (χ4n) is 3.32. The van der Waals surface area contributed by atoms with Crippen molar-refractivity contribution in [2.24, 2.45) is 0 Å². The predicted octanol–water partition coefficient (Wildman–Crippen LogP) is 4.72. The Bertz CT molecular complexity index is 795. The third kappa shape index (κ3) is 3.13. The molecular formula is C21H26N2O2. The summed E-state index contributed by atoms with van der Waals surface area (Å²) in [7, 11) is 0. The number of hydrogen-bond donors (Lipinski definition) is 2. The highest BCUT2D eigenvalue weighted by atomic mass is 16.5. The molecule has 2 aromatic carbocycles. The van der Waals surface area contributed by atoms with E-state index in [0.29, 0.717) is 12.6 Å². The molecule has 2 aliphatic rings. The van der Waals surface area contributed by atoms with Crippen LogP contribution in [0.4, 0.5) is 11.4 Å². The molecule has 2 aromatic rings. The fourth-order valence-corrected chi connectivity index (χ4v) is 3.32. The third-order valence-electron chi connectivity index (χ3n) is 4.86. The largest absolute Gasteiger partial charge is 0.489 e. The molecule has 0 amide bonds. The average molecular weight is 338 g/mol. The highest BCUT2D eigenvalue weighted by Crippen LogP contribution is 2.39. The van der Waals surface area contributed by atoms with Gasteiger partial charge >= 0.3 is 0 Å². The van der Waals surface area contributed by atoms with Gasteiger partial charge in [-0.15, -0.1) is 0 Å². The number of hydrogen-bond acceptors (Lipinski definition) is 4. The van der Waals surface area contributed by atoms with Crippen LogP contribution in [0, 0.1) is 0 Å². The maximum atomic E-state index is 6.26. The van der Waals surface area contributed by atoms with Crippen molar-refractivity contribution in [3.63, 3.8) is 0 Å². The molecular weight excluding hydrogens is 312 g/mol. The molecule has 4 rings (SSSR count). The molecule has 2 atom stereocenters. The number of nitrogens with one attached hydrogen (secondary N) is 2. The van der Waals surface area contributed by atoms with E-state index in [-0.39, 0.29) is 11.5 Å². The lowest BCUT2D eigenvalue weighted by molar-refractivity contribution is 0.209. The van der Waals surface area contributed by atoms with Gasteiger partial charge in [0.2, 0.25) is 0 Å². The SMILES string of the molecule is CC1COc2cc(C3CNc4cc(C(C)(C)C)ccc4O3)ccc2N1. The monoisotopic (exact) mass is 338 g/mol. The molecule has 4 heteroatoms. The van der Waals surface area contributed by atoms with Crippen molar-refractivity contribution < 1.29 is 9.47 Å². The number of rotatable bonds is 1. The smallest absolute Gasteiger partial charge is 0.143 e. The fraction of sp³-hybridized carbons (Fsp3) is 0.429. The maximum Gasteiger partial charge on any atom is 0.143 e. The summed E-state index contributed by atoms with van der Waals surface area (Å²) in [4.78, 5) is 0. The molecule has 2 unspecified atom stereocenters. The van der Waals surface area contributed by atoms with Crippen molar-refractivity contribution in [1.29, 1.82) is 0 Å². The molecule has 2 N–H and O–H groups in total. The first-order valence-electron chi connectivity index (χ1n) is 8.98. The summed E-state index contributed by atoms with van der Waals surface area (Å²) in [5, 5.41) is 6.97. The Kier molecular flexibility index (Phi) is 3.78. The topological polar surface area (TPSA) is 42.5 Å². The van der Waals surface area contributed by atoms with E-state index in [1.165, 1.54) is 5.56 Å². The van der Waals surface area contributed by atoms with Gasteiger partial charge in [-0.2, -0.15) is 0 Å². The lowest BCUT2D eigenvalue weighted by atomic mass is 9.86. The van der Waals surface area contributed by atoms with Crippen molar-refractivity contribution in [3.05, 3.63) is 47.5 Å². The van der Waals surface area contributed by atoms with Crippen molar-refractivity contribution in [3.8, 4) is 11.5 Å². The Hall–Kier alpha value is -2.36. The normalized spacial score (nSPS) is 21.8. The molecule has 25 heavy (non-hydrogen) atoms. The molecule has 0 spiro atoms. The average Bonchev–Trinajstić information content (AvgIpc) is 2.59. The lowest BCUT2D eigenvalue weighted by Crippen LogP contribution is -2.29. The van der Waals surface area contributed by atoms with Crippen LogP contribution in [0.3, 0.4) is 0 Å². The van der Waals surface area contributed by atoms with E-state index >= 15 is 0 Å². The van der Waals surface area contributed by atoms with Gasteiger partial charge in [0.05, 0.1) is 24.0 Å². The molecule has 0 aromatic heterocycles. The van der Waals surface area contributed by atoms with Crippen LogP contribution < -0.4 is 20.1 Å². The summed E-state index contributed by atoms with van der Waals surface area (Å²) < 4.78 is 12.1. The van der Waals surface area contributed by atoms with Gasteiger partial charge in [-0.3, -0.25) is 0 Å². The molecule has 0 saturated heterocycles. The van der Waals surface area contributed by atoms with Crippen LogP contribution in [0.5, 0.6) is 11.5 Å². The van der Waals surface area contributed by atoms with Crippen LogP contribution in [0.2, 0.25) is 0 Å². The molecule has 2 aliphatic heterocycles. The lowest BCUT2D eigenvalue weighted by Gasteiger charge is -2.31.